The minimum atomic E-state index is -1.15. The number of nitrogens with two attached hydrogens (primary N) is 1. The predicted molar refractivity (Wildman–Crippen MR) is 377 cm³/mol. The third-order valence-electron chi connectivity index (χ3n) is 18.7. The van der Waals surface area contributed by atoms with E-state index in [1.54, 1.807) is 52.8 Å². The summed E-state index contributed by atoms with van der Waals surface area (Å²) in [6, 6.07) is 64.0. The van der Waals surface area contributed by atoms with Gasteiger partial charge in [0.05, 0.1) is 65.2 Å². The van der Waals surface area contributed by atoms with Crippen molar-refractivity contribution in [3.63, 3.8) is 0 Å². The lowest BCUT2D eigenvalue weighted by Gasteiger charge is -2.45. The highest BCUT2D eigenvalue weighted by molar-refractivity contribution is 14.1. The van der Waals surface area contributed by atoms with Gasteiger partial charge in [0, 0.05) is 41.6 Å². The Hall–Kier alpha value is -10.4. The molecule has 512 valence electrons. The van der Waals surface area contributed by atoms with Crippen molar-refractivity contribution in [2.24, 2.45) is 34.3 Å². The molecule has 3 aliphatic carbocycles. The second kappa shape index (κ2) is 31.2. The number of benzene rings is 8. The molecule has 3 saturated carbocycles. The molecule has 0 spiro atoms. The van der Waals surface area contributed by atoms with E-state index in [1.165, 1.54) is 26.4 Å². The molecule has 3 fully saturated rings. The first kappa shape index (κ1) is 70.9. The average Bonchev–Trinajstić information content (AvgIpc) is 1.48. The van der Waals surface area contributed by atoms with E-state index in [9.17, 15) is 33.2 Å². The van der Waals surface area contributed by atoms with Crippen molar-refractivity contribution >= 4 is 91.6 Å². The predicted octanol–water partition coefficient (Wildman–Crippen LogP) is 12.7. The van der Waals surface area contributed by atoms with Crippen LogP contribution in [0, 0.1) is 38.0 Å². The number of esters is 2. The first-order chi connectivity index (χ1) is 48.4. The van der Waals surface area contributed by atoms with Crippen LogP contribution >= 0.6 is 34.2 Å². The molecule has 13 rings (SSSR count). The van der Waals surface area contributed by atoms with Gasteiger partial charge < -0.3 is 29.4 Å². The number of nitrogens with one attached hydrogen (secondary N) is 3. The van der Waals surface area contributed by atoms with Crippen molar-refractivity contribution in [2.75, 3.05) is 14.2 Å². The number of nitrogens with zero attached hydrogens (tertiary/aromatic N) is 2. The number of fused-ring (bicyclic) bond motifs is 2. The van der Waals surface area contributed by atoms with Crippen LogP contribution in [0.1, 0.15) is 59.1 Å². The average molecular weight is 1480 g/mol. The Bertz CT molecular complexity index is 4710. The van der Waals surface area contributed by atoms with Gasteiger partial charge in [-0.15, -0.1) is 0 Å². The molecule has 8 N–H and O–H groups in total. The summed E-state index contributed by atoms with van der Waals surface area (Å²) >= 11 is 8.63. The van der Waals surface area contributed by atoms with E-state index in [4.69, 9.17) is 66.6 Å². The lowest BCUT2D eigenvalue weighted by atomic mass is 9.57. The Morgan fingerprint density at radius 2 is 1.13 bits per heavy atom. The molecule has 0 saturated heterocycles. The summed E-state index contributed by atoms with van der Waals surface area (Å²) < 4.78 is 43.9. The third kappa shape index (κ3) is 15.4. The van der Waals surface area contributed by atoms with Crippen molar-refractivity contribution in [3.8, 4) is 39.8 Å². The van der Waals surface area contributed by atoms with E-state index in [1.807, 2.05) is 152 Å². The number of primary amides is 1. The minimum Gasteiger partial charge on any atom is -0.489 e. The van der Waals surface area contributed by atoms with Gasteiger partial charge in [0.2, 0.25) is 23.6 Å². The first-order valence-corrected chi connectivity index (χ1v) is 33.3. The number of ether oxygens (including phenoxy) is 5. The molecule has 6 atom stereocenters. The van der Waals surface area contributed by atoms with Gasteiger partial charge in [-0.2, -0.15) is 0 Å². The number of aromatic nitrogens is 2. The van der Waals surface area contributed by atoms with Crippen LogP contribution in [-0.4, -0.2) is 75.4 Å². The Labute approximate surface area is 593 Å². The van der Waals surface area contributed by atoms with E-state index in [-0.39, 0.29) is 31.6 Å². The third-order valence-corrected chi connectivity index (χ3v) is 19.7. The SMILES string of the molecule is COC(=O)[C@@]1(Cc2ccc(OCc3cc(-c4ccccc4)nc4ccccc34)cc2)CC[C@@H]1C(=O)NO.COC(=O)[C@]1(c2cccc(OCc3cccc(I)c3)c2)C[C@H]1C(=O)NO.NC(=O)[C@@]1(Cc2ccc(OCc3cc(-c4ccccc4Cl)nc4ccccc34)c(F)c2)C[C@@H]1C(=O)NO. The normalized spacial score (nSPS) is 19.1. The molecule has 0 unspecified atom stereocenters. The number of hydrogen-bond donors (Lipinski definition) is 7. The number of methoxy groups -OCH3 is 2. The van der Waals surface area contributed by atoms with Crippen LogP contribution in [0.25, 0.3) is 44.3 Å². The Balaban J connectivity index is 0.000000154. The van der Waals surface area contributed by atoms with Gasteiger partial charge in [0.15, 0.2) is 11.6 Å². The van der Waals surface area contributed by atoms with Crippen molar-refractivity contribution in [3.05, 3.63) is 254 Å². The van der Waals surface area contributed by atoms with E-state index < -0.39 is 75.4 Å². The monoisotopic (exact) mass is 1480 g/mol. The number of pyridine rings is 2. The number of hydroxylamine groups is 3. The molecule has 4 amide bonds. The van der Waals surface area contributed by atoms with Gasteiger partial charge in [0.1, 0.15) is 36.7 Å². The number of para-hydroxylation sites is 2. The zero-order valence-corrected chi connectivity index (χ0v) is 57.1. The number of rotatable bonds is 22. The second-order valence-electron chi connectivity index (χ2n) is 24.7. The Morgan fingerprint density at radius 1 is 0.550 bits per heavy atom. The molecule has 2 heterocycles. The smallest absolute Gasteiger partial charge is 0.317 e. The second-order valence-corrected chi connectivity index (χ2v) is 26.3. The highest BCUT2D eigenvalue weighted by Crippen LogP contribution is 2.57. The summed E-state index contributed by atoms with van der Waals surface area (Å²) in [7, 11) is 2.60. The van der Waals surface area contributed by atoms with E-state index in [2.05, 4.69) is 28.7 Å². The van der Waals surface area contributed by atoms with Crippen LogP contribution in [0.5, 0.6) is 17.2 Å². The fourth-order valence-electron chi connectivity index (χ4n) is 13.1. The minimum absolute atomic E-state index is 0.0394. The van der Waals surface area contributed by atoms with E-state index in [0.717, 1.165) is 64.5 Å². The zero-order chi connectivity index (χ0) is 70.7. The topological polar surface area (TPSA) is 297 Å². The molecule has 8 aromatic carbocycles. The van der Waals surface area contributed by atoms with Gasteiger partial charge >= 0.3 is 11.9 Å². The number of carbonyl (C=O) groups is 6. The van der Waals surface area contributed by atoms with Crippen LogP contribution in [0.15, 0.2) is 206 Å². The number of carbonyl (C=O) groups excluding carboxylic acids is 6. The fourth-order valence-corrected chi connectivity index (χ4v) is 13.9. The van der Waals surface area contributed by atoms with E-state index >= 15 is 0 Å². The van der Waals surface area contributed by atoms with Crippen LogP contribution < -0.4 is 36.4 Å². The van der Waals surface area contributed by atoms with Gasteiger partial charge in [-0.05, 0) is 162 Å². The molecule has 100 heavy (non-hydrogen) atoms. The molecule has 0 aliphatic heterocycles. The van der Waals surface area contributed by atoms with Gasteiger partial charge in [0.25, 0.3) is 0 Å². The lowest BCUT2D eigenvalue weighted by Crippen LogP contribution is -2.54. The Kier molecular flexibility index (Phi) is 22.1. The highest BCUT2D eigenvalue weighted by atomic mass is 127. The summed E-state index contributed by atoms with van der Waals surface area (Å²) in [6.45, 7) is 0.847. The summed E-state index contributed by atoms with van der Waals surface area (Å²) in [5.74, 6) is -4.75. The molecule has 10 aromatic rings. The first-order valence-electron chi connectivity index (χ1n) is 31.8. The largest absolute Gasteiger partial charge is 0.489 e. The maximum absolute atomic E-state index is 15.0. The molecule has 23 heteroatoms. The maximum Gasteiger partial charge on any atom is 0.317 e. The molecule has 3 aliphatic rings. The van der Waals surface area contributed by atoms with Crippen LogP contribution in [0.4, 0.5) is 4.39 Å². The van der Waals surface area contributed by atoms with Crippen LogP contribution in [-0.2, 0) is 76.3 Å². The molecule has 2 aromatic heterocycles. The van der Waals surface area contributed by atoms with Crippen LogP contribution in [0.2, 0.25) is 5.02 Å². The maximum atomic E-state index is 15.0. The molecule has 20 nitrogen and oxygen atoms in total. The summed E-state index contributed by atoms with van der Waals surface area (Å²) in [4.78, 5) is 82.2. The van der Waals surface area contributed by atoms with Crippen molar-refractivity contribution in [2.45, 2.75) is 63.8 Å². The van der Waals surface area contributed by atoms with E-state index in [0.29, 0.717) is 65.8 Å². The lowest BCUT2D eigenvalue weighted by molar-refractivity contribution is -0.172. The van der Waals surface area contributed by atoms with Gasteiger partial charge in [-0.1, -0.05) is 139 Å². The molecule has 0 radical (unpaired) electrons. The molecular formula is C77H69ClFIN6O14. The Morgan fingerprint density at radius 3 is 1.76 bits per heavy atom. The zero-order valence-electron chi connectivity index (χ0n) is 54.2. The van der Waals surface area contributed by atoms with Crippen LogP contribution in [0.3, 0.4) is 0 Å². The van der Waals surface area contributed by atoms with Gasteiger partial charge in [-0.3, -0.25) is 44.4 Å². The number of halogens is 3. The molecular weight excluding hydrogens is 1410 g/mol. The molecule has 0 bridgehead atoms. The summed E-state index contributed by atoms with van der Waals surface area (Å²) in [6.07, 6.45) is 1.94. The summed E-state index contributed by atoms with van der Waals surface area (Å²) in [5, 5.41) is 29.3. The fraction of sp³-hybridized carbons (Fsp3) is 0.221. The van der Waals surface area contributed by atoms with Crippen molar-refractivity contribution < 1.29 is 72.5 Å². The quantitative estimate of drug-likeness (QED) is 0.0144. The van der Waals surface area contributed by atoms with Crippen molar-refractivity contribution in [1.29, 1.82) is 0 Å². The standard InChI is InChI=1S/C30H28N2O5.C28H23ClFN3O4.C19H18INO5/c1-36-29(34)30(16-15-25(30)28(33)32-35)18-20-11-13-23(14-12-20)37-19-22-17-27(21-7-3-2-4-8-21)31-26-10-6-5-9-24(22)26;29-21-7-3-1-6-19(21)24-12-17(18-5-2-4-8-23(18)32-24)15-37-25-10-9-16(11-22(25)30)13-28(27(31)35)14-20(28)26(34)33-36;1-25-18(23)19(10-16(19)17(22)21-24)13-5-3-7-15(9-13)26-11-12-4-2-6-14(20)8-12/h2-14,17,25,35H,15-16,18-19H2,1H3,(H,32,33);1-12,20,36H,13-15H2,(H2,31,35)(H,33,34);2-9,16,24H,10-11H2,1H3,(H,21,22)/t25-,30-;20-,28+;16-,19-/m110/s1. The highest BCUT2D eigenvalue weighted by Gasteiger charge is 2.66. The van der Waals surface area contributed by atoms with Crippen molar-refractivity contribution in [1.82, 2.24) is 26.4 Å². The number of amides is 4. The number of hydrogen-bond acceptors (Lipinski definition) is 16. The van der Waals surface area contributed by atoms with Gasteiger partial charge in [-0.25, -0.2) is 30.8 Å². The summed E-state index contributed by atoms with van der Waals surface area (Å²) in [5.41, 5.74) is 17.1.